The van der Waals surface area contributed by atoms with Gasteiger partial charge in [0, 0.05) is 12.3 Å². The number of aryl methyl sites for hydroxylation is 1. The minimum Gasteiger partial charge on any atom is -0.326 e. The Morgan fingerprint density at radius 3 is 2.29 bits per heavy atom. The van der Waals surface area contributed by atoms with Crippen molar-refractivity contribution in [1.29, 1.82) is 0 Å². The van der Waals surface area contributed by atoms with Crippen molar-refractivity contribution in [2.24, 2.45) is 22.1 Å². The molecule has 0 bridgehead atoms. The monoisotopic (exact) mass is 346 g/mol. The minimum absolute atomic E-state index is 0.0924. The molecule has 0 spiro atoms. The summed E-state index contributed by atoms with van der Waals surface area (Å²) in [6.07, 6.45) is 0.822. The van der Waals surface area contributed by atoms with E-state index >= 15 is 0 Å². The molecule has 2 unspecified atom stereocenters. The first-order valence-corrected chi connectivity index (χ1v) is 8.78. The number of benzene rings is 1. The lowest BCUT2D eigenvalue weighted by atomic mass is 9.77. The predicted molar refractivity (Wildman–Crippen MR) is 102 cm³/mol. The fourth-order valence-electron chi connectivity index (χ4n) is 3.26. The molecule has 0 aromatic heterocycles. The van der Waals surface area contributed by atoms with Crippen molar-refractivity contribution >= 4 is 28.1 Å². The van der Waals surface area contributed by atoms with E-state index in [1.54, 1.807) is 0 Å². The van der Waals surface area contributed by atoms with Gasteiger partial charge < -0.3 is 5.73 Å². The second kappa shape index (κ2) is 7.20. The Kier molecular flexibility index (Phi) is 5.67. The molecule has 3 nitrogen and oxygen atoms in total. The third-order valence-electron chi connectivity index (χ3n) is 4.34. The molecule has 130 valence electrons. The van der Waals surface area contributed by atoms with Crippen LogP contribution in [0.4, 0.5) is 0 Å². The molecule has 0 radical (unpaired) electrons. The van der Waals surface area contributed by atoms with Crippen molar-refractivity contribution in [2.45, 2.75) is 47.1 Å². The molecule has 0 fully saturated rings. The van der Waals surface area contributed by atoms with Crippen LogP contribution in [-0.4, -0.2) is 23.5 Å². The highest BCUT2D eigenvalue weighted by atomic mass is 35.5. The van der Waals surface area contributed by atoms with E-state index in [1.165, 1.54) is 5.56 Å². The molecule has 1 aliphatic heterocycles. The quantitative estimate of drug-likeness (QED) is 0.823. The number of hydrogen-bond acceptors (Lipinski definition) is 3. The Bertz CT molecular complexity index is 681. The lowest BCUT2D eigenvalue weighted by Gasteiger charge is -2.32. The maximum absolute atomic E-state index is 12.1. The Hall–Kier alpha value is -1.45. The van der Waals surface area contributed by atoms with E-state index in [-0.39, 0.29) is 16.7 Å². The third kappa shape index (κ3) is 4.14. The molecule has 2 rings (SSSR count). The SMILES string of the molecule is Cc1ccc(C2=C(CN)C(CC(C)(C)C)=NC(C)C2C(=O)Cl)cc1. The van der Waals surface area contributed by atoms with Crippen molar-refractivity contribution < 1.29 is 4.79 Å². The van der Waals surface area contributed by atoms with Crippen molar-refractivity contribution in [3.05, 3.63) is 41.0 Å². The first-order valence-electron chi connectivity index (χ1n) is 8.40. The van der Waals surface area contributed by atoms with E-state index in [0.29, 0.717) is 6.54 Å². The van der Waals surface area contributed by atoms with Gasteiger partial charge in [-0.2, -0.15) is 0 Å². The van der Waals surface area contributed by atoms with Crippen molar-refractivity contribution in [2.75, 3.05) is 6.54 Å². The zero-order chi connectivity index (χ0) is 18.1. The Labute approximate surface area is 150 Å². The van der Waals surface area contributed by atoms with Crippen LogP contribution >= 0.6 is 11.6 Å². The first-order chi connectivity index (χ1) is 11.1. The summed E-state index contributed by atoms with van der Waals surface area (Å²) in [5.74, 6) is -0.448. The van der Waals surface area contributed by atoms with E-state index in [2.05, 4.69) is 20.8 Å². The van der Waals surface area contributed by atoms with E-state index in [9.17, 15) is 4.79 Å². The Morgan fingerprint density at radius 2 is 1.83 bits per heavy atom. The summed E-state index contributed by atoms with van der Waals surface area (Å²) in [6, 6.07) is 8.00. The molecular formula is C20H27ClN2O. The standard InChI is InChI=1S/C20H27ClN2O/c1-12-6-8-14(9-7-12)18-15(11-22)16(10-20(3,4)5)23-13(2)17(18)19(21)24/h6-9,13,17H,10-11,22H2,1-5H3. The van der Waals surface area contributed by atoms with Crippen molar-refractivity contribution in [1.82, 2.24) is 0 Å². The summed E-state index contributed by atoms with van der Waals surface area (Å²) in [5.41, 5.74) is 11.3. The molecule has 24 heavy (non-hydrogen) atoms. The molecule has 0 saturated heterocycles. The fourth-order valence-corrected chi connectivity index (χ4v) is 3.55. The summed E-state index contributed by atoms with van der Waals surface area (Å²) < 4.78 is 0. The second-order valence-electron chi connectivity index (χ2n) is 7.80. The molecule has 2 N–H and O–H groups in total. The van der Waals surface area contributed by atoms with Crippen LogP contribution in [0, 0.1) is 18.3 Å². The number of hydrogen-bond donors (Lipinski definition) is 1. The largest absolute Gasteiger partial charge is 0.326 e. The highest BCUT2D eigenvalue weighted by Gasteiger charge is 2.36. The van der Waals surface area contributed by atoms with E-state index in [1.807, 2.05) is 38.1 Å². The zero-order valence-corrected chi connectivity index (χ0v) is 15.9. The van der Waals surface area contributed by atoms with Gasteiger partial charge in [0.1, 0.15) is 0 Å². The molecule has 1 aromatic carbocycles. The molecule has 1 aliphatic rings. The van der Waals surface area contributed by atoms with Gasteiger partial charge in [0.15, 0.2) is 0 Å². The van der Waals surface area contributed by atoms with E-state index < -0.39 is 5.92 Å². The third-order valence-corrected chi connectivity index (χ3v) is 4.57. The van der Waals surface area contributed by atoms with Crippen molar-refractivity contribution in [3.8, 4) is 0 Å². The van der Waals surface area contributed by atoms with Gasteiger partial charge in [0.2, 0.25) is 5.24 Å². The predicted octanol–water partition coefficient (Wildman–Crippen LogP) is 4.37. The Balaban J connectivity index is 2.64. The van der Waals surface area contributed by atoms with Crippen molar-refractivity contribution in [3.63, 3.8) is 0 Å². The molecule has 1 aromatic rings. The summed E-state index contributed by atoms with van der Waals surface area (Å²) in [7, 11) is 0. The van der Waals surface area contributed by atoms with Gasteiger partial charge in [-0.15, -0.1) is 0 Å². The van der Waals surface area contributed by atoms with Gasteiger partial charge >= 0.3 is 0 Å². The van der Waals surface area contributed by atoms with E-state index in [4.69, 9.17) is 22.3 Å². The minimum atomic E-state index is -0.448. The van der Waals surface area contributed by atoms with Gasteiger partial charge in [-0.05, 0) is 54.0 Å². The second-order valence-corrected chi connectivity index (χ2v) is 8.17. The van der Waals surface area contributed by atoms with Crippen LogP contribution in [-0.2, 0) is 4.79 Å². The highest BCUT2D eigenvalue weighted by molar-refractivity contribution is 6.65. The molecule has 4 heteroatoms. The highest BCUT2D eigenvalue weighted by Crippen LogP contribution is 2.38. The number of rotatable bonds is 4. The maximum Gasteiger partial charge on any atom is 0.231 e. The number of carbonyl (C=O) groups is 1. The number of nitrogens with zero attached hydrogens (tertiary/aromatic N) is 1. The molecule has 0 aliphatic carbocycles. The lowest BCUT2D eigenvalue weighted by Crippen LogP contribution is -2.34. The van der Waals surface area contributed by atoms with Crippen LogP contribution in [0.3, 0.4) is 0 Å². The van der Waals surface area contributed by atoms with Crippen LogP contribution in [0.5, 0.6) is 0 Å². The number of nitrogens with two attached hydrogens (primary N) is 1. The van der Waals surface area contributed by atoms with Gasteiger partial charge in [-0.25, -0.2) is 0 Å². The number of carbonyl (C=O) groups excluding carboxylic acids is 1. The van der Waals surface area contributed by atoms with Gasteiger partial charge in [0.25, 0.3) is 0 Å². The molecule has 2 atom stereocenters. The molecular weight excluding hydrogens is 320 g/mol. The summed E-state index contributed by atoms with van der Waals surface area (Å²) >= 11 is 5.95. The number of dihydropyridines is 1. The number of halogens is 1. The molecule has 0 saturated carbocycles. The normalized spacial score (nSPS) is 21.7. The summed E-state index contributed by atoms with van der Waals surface area (Å²) in [6.45, 7) is 10.9. The Morgan fingerprint density at radius 1 is 1.25 bits per heavy atom. The van der Waals surface area contributed by atoms with Gasteiger partial charge in [-0.1, -0.05) is 50.6 Å². The first kappa shape index (κ1) is 18.9. The summed E-state index contributed by atoms with van der Waals surface area (Å²) in [4.78, 5) is 16.9. The maximum atomic E-state index is 12.1. The lowest BCUT2D eigenvalue weighted by molar-refractivity contribution is -0.113. The van der Waals surface area contributed by atoms with Crippen LogP contribution in [0.15, 0.2) is 34.8 Å². The van der Waals surface area contributed by atoms with Crippen LogP contribution in [0.1, 0.15) is 45.2 Å². The van der Waals surface area contributed by atoms with Gasteiger partial charge in [-0.3, -0.25) is 9.79 Å². The average Bonchev–Trinajstić information content (AvgIpc) is 2.45. The smallest absolute Gasteiger partial charge is 0.231 e. The van der Waals surface area contributed by atoms with E-state index in [0.717, 1.165) is 28.8 Å². The molecule has 0 amide bonds. The average molecular weight is 347 g/mol. The van der Waals surface area contributed by atoms with Gasteiger partial charge in [0.05, 0.1) is 12.0 Å². The van der Waals surface area contributed by atoms with Crippen LogP contribution in [0.25, 0.3) is 5.57 Å². The summed E-state index contributed by atoms with van der Waals surface area (Å²) in [5, 5.41) is -0.373. The number of aliphatic imine (C=N–C) groups is 1. The fraction of sp³-hybridized carbons (Fsp3) is 0.500. The molecule has 1 heterocycles. The van der Waals surface area contributed by atoms with Crippen LogP contribution < -0.4 is 5.73 Å². The zero-order valence-electron chi connectivity index (χ0n) is 15.2. The topological polar surface area (TPSA) is 55.4 Å². The van der Waals surface area contributed by atoms with Crippen LogP contribution in [0.2, 0.25) is 0 Å².